The predicted molar refractivity (Wildman–Crippen MR) is 93.5 cm³/mol. The van der Waals surface area contributed by atoms with Crippen molar-refractivity contribution in [1.82, 2.24) is 30.6 Å². The van der Waals surface area contributed by atoms with E-state index >= 15 is 0 Å². The number of aromatic amines is 1. The first-order chi connectivity index (χ1) is 10.2. The molecule has 2 aromatic rings. The maximum Gasteiger partial charge on any atom is 0.239 e. The molecule has 1 saturated heterocycles. The summed E-state index contributed by atoms with van der Waals surface area (Å²) in [6, 6.07) is 0.401. The van der Waals surface area contributed by atoms with Gasteiger partial charge in [-0.1, -0.05) is 0 Å². The molecule has 0 bridgehead atoms. The average molecular weight is 362 g/mol. The van der Waals surface area contributed by atoms with E-state index in [2.05, 4.69) is 30.6 Å². The fourth-order valence-corrected chi connectivity index (χ4v) is 2.56. The standard InChI is InChI=1S/C13H19N7O.2ClH/c1-20(6-10(21)15-5-9-3-2-4-14-9)13-11-12(17-7-16-11)18-8-19-13;;/h7-9,14H,2-6H2,1H3,(H,15,21)(H,16,17,18,19);2*1H. The van der Waals surface area contributed by atoms with Gasteiger partial charge in [-0.15, -0.1) is 24.8 Å². The second kappa shape index (κ2) is 8.85. The van der Waals surface area contributed by atoms with Crippen molar-refractivity contribution in [2.75, 3.05) is 31.6 Å². The number of hydrogen-bond acceptors (Lipinski definition) is 6. The Bertz CT molecular complexity index is 630. The Labute approximate surface area is 146 Å². The molecule has 0 radical (unpaired) electrons. The molecule has 0 saturated carbocycles. The highest BCUT2D eigenvalue weighted by Gasteiger charge is 2.17. The molecule has 128 valence electrons. The molecule has 0 aliphatic carbocycles. The van der Waals surface area contributed by atoms with Crippen LogP contribution in [0.1, 0.15) is 12.8 Å². The molecule has 23 heavy (non-hydrogen) atoms. The zero-order valence-corrected chi connectivity index (χ0v) is 14.4. The minimum atomic E-state index is -0.0162. The smallest absolute Gasteiger partial charge is 0.239 e. The lowest BCUT2D eigenvalue weighted by Gasteiger charge is -2.18. The Morgan fingerprint density at radius 1 is 1.39 bits per heavy atom. The van der Waals surface area contributed by atoms with Gasteiger partial charge in [0.1, 0.15) is 11.8 Å². The van der Waals surface area contributed by atoms with Crippen LogP contribution >= 0.6 is 24.8 Å². The number of amides is 1. The quantitative estimate of drug-likeness (QED) is 0.717. The Kier molecular flexibility index (Phi) is 7.47. The Morgan fingerprint density at radius 2 is 2.22 bits per heavy atom. The number of nitrogens with zero attached hydrogens (tertiary/aromatic N) is 4. The monoisotopic (exact) mass is 361 g/mol. The van der Waals surface area contributed by atoms with Crippen LogP contribution in [0.25, 0.3) is 11.2 Å². The van der Waals surface area contributed by atoms with Crippen LogP contribution in [-0.4, -0.2) is 58.6 Å². The van der Waals surface area contributed by atoms with Crippen molar-refractivity contribution in [2.24, 2.45) is 0 Å². The number of nitrogens with one attached hydrogen (secondary N) is 3. The van der Waals surface area contributed by atoms with Gasteiger partial charge in [-0.05, 0) is 19.4 Å². The van der Waals surface area contributed by atoms with E-state index in [0.29, 0.717) is 24.1 Å². The van der Waals surface area contributed by atoms with Gasteiger partial charge in [-0.3, -0.25) is 4.79 Å². The third-order valence-corrected chi connectivity index (χ3v) is 3.65. The van der Waals surface area contributed by atoms with E-state index in [0.717, 1.165) is 18.5 Å². The molecule has 1 aliphatic heterocycles. The summed E-state index contributed by atoms with van der Waals surface area (Å²) in [7, 11) is 1.83. The molecule has 3 N–H and O–H groups in total. The van der Waals surface area contributed by atoms with Crippen molar-refractivity contribution in [3.8, 4) is 0 Å². The number of H-pyrrole nitrogens is 1. The van der Waals surface area contributed by atoms with E-state index in [1.165, 1.54) is 12.7 Å². The molecule has 2 aromatic heterocycles. The largest absolute Gasteiger partial charge is 0.353 e. The van der Waals surface area contributed by atoms with Gasteiger partial charge in [0.05, 0.1) is 12.9 Å². The second-order valence-electron chi connectivity index (χ2n) is 5.25. The third-order valence-electron chi connectivity index (χ3n) is 3.65. The molecular formula is C13H21Cl2N7O. The van der Waals surface area contributed by atoms with Crippen LogP contribution in [0, 0.1) is 0 Å². The molecular weight excluding hydrogens is 341 g/mol. The number of aromatic nitrogens is 4. The molecule has 0 aromatic carbocycles. The van der Waals surface area contributed by atoms with Crippen LogP contribution in [0.4, 0.5) is 5.82 Å². The number of rotatable bonds is 5. The normalized spacial score (nSPS) is 16.5. The van der Waals surface area contributed by atoms with Crippen LogP contribution in [0.3, 0.4) is 0 Å². The van der Waals surface area contributed by atoms with Crippen LogP contribution in [0.2, 0.25) is 0 Å². The van der Waals surface area contributed by atoms with Gasteiger partial charge in [0.2, 0.25) is 5.91 Å². The minimum absolute atomic E-state index is 0. The summed E-state index contributed by atoms with van der Waals surface area (Å²) >= 11 is 0. The average Bonchev–Trinajstić information content (AvgIpc) is 3.15. The molecule has 1 aliphatic rings. The fraction of sp³-hybridized carbons (Fsp3) is 0.538. The SMILES string of the molecule is CN(CC(=O)NCC1CCCN1)c1ncnc2nc[nH]c12.Cl.Cl. The van der Waals surface area contributed by atoms with Gasteiger partial charge in [-0.25, -0.2) is 15.0 Å². The van der Waals surface area contributed by atoms with Crippen molar-refractivity contribution in [2.45, 2.75) is 18.9 Å². The van der Waals surface area contributed by atoms with E-state index in [1.54, 1.807) is 11.2 Å². The zero-order valence-electron chi connectivity index (χ0n) is 12.8. The van der Waals surface area contributed by atoms with Crippen molar-refractivity contribution in [1.29, 1.82) is 0 Å². The van der Waals surface area contributed by atoms with E-state index in [1.807, 2.05) is 7.05 Å². The summed E-state index contributed by atoms with van der Waals surface area (Å²) < 4.78 is 0. The molecule has 1 atom stereocenters. The maximum absolute atomic E-state index is 12.0. The topological polar surface area (TPSA) is 98.8 Å². The lowest BCUT2D eigenvalue weighted by atomic mass is 10.2. The highest BCUT2D eigenvalue weighted by Crippen LogP contribution is 2.17. The summed E-state index contributed by atoms with van der Waals surface area (Å²) in [5, 5.41) is 6.31. The number of fused-ring (bicyclic) bond motifs is 1. The van der Waals surface area contributed by atoms with Gasteiger partial charge in [0.25, 0.3) is 0 Å². The summed E-state index contributed by atoms with van der Waals surface area (Å²) in [5.41, 5.74) is 1.34. The molecule has 3 heterocycles. The summed E-state index contributed by atoms with van der Waals surface area (Å²) in [5.74, 6) is 0.657. The molecule has 10 heteroatoms. The molecule has 1 amide bonds. The Hall–Kier alpha value is -1.64. The first-order valence-corrected chi connectivity index (χ1v) is 7.09. The van der Waals surface area contributed by atoms with Gasteiger partial charge >= 0.3 is 0 Å². The van der Waals surface area contributed by atoms with Crippen LogP contribution in [0.15, 0.2) is 12.7 Å². The second-order valence-corrected chi connectivity index (χ2v) is 5.25. The molecule has 8 nitrogen and oxygen atoms in total. The fourth-order valence-electron chi connectivity index (χ4n) is 2.56. The third kappa shape index (κ3) is 4.66. The number of anilines is 1. The van der Waals surface area contributed by atoms with Gasteiger partial charge in [0.15, 0.2) is 11.5 Å². The predicted octanol–water partition coefficient (Wildman–Crippen LogP) is 0.501. The molecule has 1 unspecified atom stereocenters. The molecule has 0 spiro atoms. The summed E-state index contributed by atoms with van der Waals surface area (Å²) in [6.07, 6.45) is 5.33. The van der Waals surface area contributed by atoms with Crippen LogP contribution < -0.4 is 15.5 Å². The number of imidazole rings is 1. The molecule has 3 rings (SSSR count). The highest BCUT2D eigenvalue weighted by molar-refractivity contribution is 5.87. The van der Waals surface area contributed by atoms with Gasteiger partial charge in [0, 0.05) is 19.6 Å². The maximum atomic E-state index is 12.0. The lowest BCUT2D eigenvalue weighted by molar-refractivity contribution is -0.119. The van der Waals surface area contributed by atoms with E-state index in [-0.39, 0.29) is 37.3 Å². The van der Waals surface area contributed by atoms with Gasteiger partial charge in [-0.2, -0.15) is 0 Å². The summed E-state index contributed by atoms with van der Waals surface area (Å²) in [4.78, 5) is 29.2. The minimum Gasteiger partial charge on any atom is -0.353 e. The van der Waals surface area contributed by atoms with Crippen LogP contribution in [0.5, 0.6) is 0 Å². The Morgan fingerprint density at radius 3 is 2.96 bits per heavy atom. The van der Waals surface area contributed by atoms with Gasteiger partial charge < -0.3 is 20.5 Å². The number of carbonyl (C=O) groups excluding carboxylic acids is 1. The van der Waals surface area contributed by atoms with Crippen molar-refractivity contribution in [3.05, 3.63) is 12.7 Å². The molecule has 1 fully saturated rings. The van der Waals surface area contributed by atoms with Crippen LogP contribution in [-0.2, 0) is 4.79 Å². The number of halogens is 2. The number of hydrogen-bond donors (Lipinski definition) is 3. The first-order valence-electron chi connectivity index (χ1n) is 7.09. The van der Waals surface area contributed by atoms with E-state index < -0.39 is 0 Å². The first kappa shape index (κ1) is 19.4. The number of carbonyl (C=O) groups is 1. The lowest BCUT2D eigenvalue weighted by Crippen LogP contribution is -2.41. The van der Waals surface area contributed by atoms with Crippen molar-refractivity contribution in [3.63, 3.8) is 0 Å². The summed E-state index contributed by atoms with van der Waals surface area (Å²) in [6.45, 7) is 1.97. The zero-order chi connectivity index (χ0) is 14.7. The van der Waals surface area contributed by atoms with Crippen molar-refractivity contribution < 1.29 is 4.79 Å². The van der Waals surface area contributed by atoms with Crippen molar-refractivity contribution >= 4 is 47.7 Å². The highest BCUT2D eigenvalue weighted by atomic mass is 35.5. The Balaban J connectivity index is 0.00000132. The van der Waals surface area contributed by atoms with E-state index in [9.17, 15) is 4.79 Å². The van der Waals surface area contributed by atoms with E-state index in [4.69, 9.17) is 0 Å². The number of likely N-dealkylation sites (N-methyl/N-ethyl adjacent to an activating group) is 1.